The number of Topliss-reactive ketones (excluding diaryl/α,β-unsaturated/α-hetero) is 1. The van der Waals surface area contributed by atoms with Gasteiger partial charge in [-0.3, -0.25) is 4.79 Å². The molecule has 1 heterocycles. The fourth-order valence-corrected chi connectivity index (χ4v) is 2.51. The number of fused-ring (bicyclic) bond motifs is 1. The van der Waals surface area contributed by atoms with Crippen molar-refractivity contribution in [3.05, 3.63) is 35.6 Å². The molecule has 3 nitrogen and oxygen atoms in total. The number of benzene rings is 1. The Bertz CT molecular complexity index is 608. The molecule has 3 heteroatoms. The van der Waals surface area contributed by atoms with Crippen molar-refractivity contribution in [1.82, 2.24) is 0 Å². The van der Waals surface area contributed by atoms with E-state index >= 15 is 0 Å². The van der Waals surface area contributed by atoms with Crippen molar-refractivity contribution in [1.29, 1.82) is 0 Å². The van der Waals surface area contributed by atoms with Crippen molar-refractivity contribution >= 4 is 16.8 Å². The summed E-state index contributed by atoms with van der Waals surface area (Å²) >= 11 is 0. The van der Waals surface area contributed by atoms with Gasteiger partial charge in [0.1, 0.15) is 5.58 Å². The number of ketones is 1. The third-order valence-corrected chi connectivity index (χ3v) is 3.81. The SMILES string of the molecule is Cc1ccc2oc(C(=O)CC3(N)CCC3)cc2c1. The molecule has 0 bridgehead atoms. The Labute approximate surface area is 106 Å². The van der Waals surface area contributed by atoms with E-state index in [2.05, 4.69) is 0 Å². The number of carbonyl (C=O) groups is 1. The average molecular weight is 243 g/mol. The van der Waals surface area contributed by atoms with Crippen LogP contribution >= 0.6 is 0 Å². The van der Waals surface area contributed by atoms with Gasteiger partial charge in [-0.25, -0.2) is 0 Å². The fourth-order valence-electron chi connectivity index (χ4n) is 2.51. The molecule has 0 spiro atoms. The Hall–Kier alpha value is -1.61. The van der Waals surface area contributed by atoms with Crippen LogP contribution in [0.25, 0.3) is 11.0 Å². The van der Waals surface area contributed by atoms with Crippen molar-refractivity contribution in [2.45, 2.75) is 38.1 Å². The van der Waals surface area contributed by atoms with Crippen molar-refractivity contribution in [2.75, 3.05) is 0 Å². The topological polar surface area (TPSA) is 56.2 Å². The third-order valence-electron chi connectivity index (χ3n) is 3.81. The van der Waals surface area contributed by atoms with Crippen LogP contribution in [0.3, 0.4) is 0 Å². The van der Waals surface area contributed by atoms with Crippen molar-refractivity contribution in [2.24, 2.45) is 5.73 Å². The van der Waals surface area contributed by atoms with Gasteiger partial charge in [-0.2, -0.15) is 0 Å². The average Bonchev–Trinajstić information content (AvgIpc) is 2.69. The van der Waals surface area contributed by atoms with E-state index in [0.29, 0.717) is 12.2 Å². The molecule has 1 aromatic carbocycles. The van der Waals surface area contributed by atoms with Crippen LogP contribution in [-0.2, 0) is 0 Å². The van der Waals surface area contributed by atoms with Crippen molar-refractivity contribution < 1.29 is 9.21 Å². The first-order valence-electron chi connectivity index (χ1n) is 6.38. The molecular formula is C15H17NO2. The van der Waals surface area contributed by atoms with Gasteiger partial charge in [0.15, 0.2) is 11.5 Å². The number of hydrogen-bond acceptors (Lipinski definition) is 3. The molecule has 0 saturated heterocycles. The summed E-state index contributed by atoms with van der Waals surface area (Å²) in [4.78, 5) is 12.1. The lowest BCUT2D eigenvalue weighted by atomic mass is 9.74. The van der Waals surface area contributed by atoms with E-state index in [-0.39, 0.29) is 11.3 Å². The molecular weight excluding hydrogens is 226 g/mol. The zero-order valence-corrected chi connectivity index (χ0v) is 10.5. The Morgan fingerprint density at radius 2 is 2.17 bits per heavy atom. The van der Waals surface area contributed by atoms with E-state index in [4.69, 9.17) is 10.2 Å². The predicted octanol–water partition coefficient (Wildman–Crippen LogP) is 3.20. The largest absolute Gasteiger partial charge is 0.453 e. The van der Waals surface area contributed by atoms with Crippen LogP contribution in [-0.4, -0.2) is 11.3 Å². The predicted molar refractivity (Wildman–Crippen MR) is 70.7 cm³/mol. The van der Waals surface area contributed by atoms with E-state index < -0.39 is 0 Å². The van der Waals surface area contributed by atoms with Gasteiger partial charge < -0.3 is 10.2 Å². The molecule has 2 N–H and O–H groups in total. The summed E-state index contributed by atoms with van der Waals surface area (Å²) in [7, 11) is 0. The second-order valence-electron chi connectivity index (χ2n) is 5.47. The number of nitrogens with two attached hydrogens (primary N) is 1. The summed E-state index contributed by atoms with van der Waals surface area (Å²) in [5.41, 5.74) is 7.74. The van der Waals surface area contributed by atoms with Crippen LogP contribution in [0, 0.1) is 6.92 Å². The molecule has 94 valence electrons. The smallest absolute Gasteiger partial charge is 0.199 e. The van der Waals surface area contributed by atoms with Gasteiger partial charge in [0.05, 0.1) is 0 Å². The van der Waals surface area contributed by atoms with E-state index in [0.717, 1.165) is 35.8 Å². The summed E-state index contributed by atoms with van der Waals surface area (Å²) < 4.78 is 5.59. The summed E-state index contributed by atoms with van der Waals surface area (Å²) in [6, 6.07) is 7.74. The third kappa shape index (κ3) is 1.95. The van der Waals surface area contributed by atoms with Gasteiger partial charge in [-0.05, 0) is 44.4 Å². The highest BCUT2D eigenvalue weighted by Crippen LogP contribution is 2.33. The monoisotopic (exact) mass is 243 g/mol. The van der Waals surface area contributed by atoms with Gasteiger partial charge in [0, 0.05) is 17.3 Å². The molecule has 0 aliphatic heterocycles. The lowest BCUT2D eigenvalue weighted by Crippen LogP contribution is -2.48. The van der Waals surface area contributed by atoms with Gasteiger partial charge >= 0.3 is 0 Å². The van der Waals surface area contributed by atoms with E-state index in [1.165, 1.54) is 0 Å². The highest BCUT2D eigenvalue weighted by Gasteiger charge is 2.35. The van der Waals surface area contributed by atoms with E-state index in [9.17, 15) is 4.79 Å². The lowest BCUT2D eigenvalue weighted by molar-refractivity contribution is 0.0886. The Morgan fingerprint density at radius 1 is 1.39 bits per heavy atom. The number of carbonyl (C=O) groups excluding carboxylic acids is 1. The zero-order valence-electron chi connectivity index (χ0n) is 10.5. The Balaban J connectivity index is 1.87. The van der Waals surface area contributed by atoms with Crippen molar-refractivity contribution in [3.8, 4) is 0 Å². The summed E-state index contributed by atoms with van der Waals surface area (Å²) in [5.74, 6) is 0.457. The molecule has 0 radical (unpaired) electrons. The van der Waals surface area contributed by atoms with Gasteiger partial charge in [-0.15, -0.1) is 0 Å². The Morgan fingerprint density at radius 3 is 2.83 bits per heavy atom. The van der Waals surface area contributed by atoms with Gasteiger partial charge in [0.2, 0.25) is 0 Å². The quantitative estimate of drug-likeness (QED) is 0.842. The normalized spacial score (nSPS) is 17.7. The highest BCUT2D eigenvalue weighted by atomic mass is 16.3. The molecule has 0 atom stereocenters. The van der Waals surface area contributed by atoms with Crippen LogP contribution < -0.4 is 5.73 Å². The number of hydrogen-bond donors (Lipinski definition) is 1. The lowest BCUT2D eigenvalue weighted by Gasteiger charge is -2.37. The molecule has 0 unspecified atom stereocenters. The maximum Gasteiger partial charge on any atom is 0.199 e. The van der Waals surface area contributed by atoms with E-state index in [1.807, 2.05) is 31.2 Å². The maximum absolute atomic E-state index is 12.1. The summed E-state index contributed by atoms with van der Waals surface area (Å²) in [6.07, 6.45) is 3.41. The van der Waals surface area contributed by atoms with Crippen LogP contribution in [0.1, 0.15) is 41.8 Å². The standard InChI is InChI=1S/C15H17NO2/c1-10-3-4-13-11(7-10)8-14(18-13)12(17)9-15(16)5-2-6-15/h3-4,7-8H,2,5-6,9,16H2,1H3. The first-order valence-corrected chi connectivity index (χ1v) is 6.38. The molecule has 1 aliphatic carbocycles. The summed E-state index contributed by atoms with van der Waals surface area (Å²) in [5, 5.41) is 0.984. The number of furan rings is 1. The molecule has 1 aliphatic rings. The second kappa shape index (κ2) is 3.95. The van der Waals surface area contributed by atoms with Crippen LogP contribution in [0.2, 0.25) is 0 Å². The maximum atomic E-state index is 12.1. The molecule has 18 heavy (non-hydrogen) atoms. The molecule has 2 aromatic rings. The first kappa shape index (κ1) is 11.5. The molecule has 1 aromatic heterocycles. The number of rotatable bonds is 3. The minimum Gasteiger partial charge on any atom is -0.453 e. The van der Waals surface area contributed by atoms with Gasteiger partial charge in [-0.1, -0.05) is 11.6 Å². The minimum atomic E-state index is -0.286. The van der Waals surface area contributed by atoms with Crippen molar-refractivity contribution in [3.63, 3.8) is 0 Å². The first-order chi connectivity index (χ1) is 8.56. The second-order valence-corrected chi connectivity index (χ2v) is 5.47. The summed E-state index contributed by atoms with van der Waals surface area (Å²) in [6.45, 7) is 2.02. The molecule has 1 fully saturated rings. The number of aryl methyl sites for hydroxylation is 1. The zero-order chi connectivity index (χ0) is 12.8. The van der Waals surface area contributed by atoms with Crippen LogP contribution in [0.5, 0.6) is 0 Å². The Kier molecular flexibility index (Phi) is 2.52. The molecule has 0 amide bonds. The molecule has 1 saturated carbocycles. The highest BCUT2D eigenvalue weighted by molar-refractivity contribution is 5.98. The minimum absolute atomic E-state index is 0.0195. The van der Waals surface area contributed by atoms with Crippen LogP contribution in [0.4, 0.5) is 0 Å². The van der Waals surface area contributed by atoms with E-state index in [1.54, 1.807) is 0 Å². The van der Waals surface area contributed by atoms with Gasteiger partial charge in [0.25, 0.3) is 0 Å². The van der Waals surface area contributed by atoms with Crippen LogP contribution in [0.15, 0.2) is 28.7 Å². The fraction of sp³-hybridized carbons (Fsp3) is 0.400. The molecule has 3 rings (SSSR count).